The number of aliphatic hydroxyl groups is 1. The van der Waals surface area contributed by atoms with Gasteiger partial charge in [-0.25, -0.2) is 0 Å². The van der Waals surface area contributed by atoms with Crippen LogP contribution in [0, 0.1) is 5.41 Å². The van der Waals surface area contributed by atoms with Crippen molar-refractivity contribution in [1.82, 2.24) is 4.90 Å². The molecule has 4 nitrogen and oxygen atoms in total. The Bertz CT molecular complexity index is 457. The largest absolute Gasteiger partial charge is 0.493 e. The zero-order chi connectivity index (χ0) is 15.3. The summed E-state index contributed by atoms with van der Waals surface area (Å²) in [7, 11) is 2.13. The fraction of sp³-hybridized carbons (Fsp3) is 0.647. The molecule has 2 rings (SSSR count). The van der Waals surface area contributed by atoms with Crippen molar-refractivity contribution < 1.29 is 14.6 Å². The van der Waals surface area contributed by atoms with Gasteiger partial charge in [0, 0.05) is 24.1 Å². The maximum Gasteiger partial charge on any atom is 0.124 e. The lowest BCUT2D eigenvalue weighted by atomic mass is 9.88. The Morgan fingerprint density at radius 2 is 2.14 bits per heavy atom. The number of hydrogen-bond acceptors (Lipinski definition) is 4. The average Bonchev–Trinajstić information content (AvgIpc) is 2.44. The Morgan fingerprint density at radius 1 is 1.38 bits per heavy atom. The van der Waals surface area contributed by atoms with Crippen LogP contribution < -0.4 is 4.74 Å². The van der Waals surface area contributed by atoms with Crippen LogP contribution in [0.15, 0.2) is 18.2 Å². The second kappa shape index (κ2) is 7.25. The molecule has 1 aromatic carbocycles. The fourth-order valence-electron chi connectivity index (χ4n) is 2.77. The standard InChI is InChI=1S/C17H27NO3/c1-4-7-21-16-6-5-14(8-15(16)10-19)9-18(3)11-17(2)12-20-13-17/h5-6,8,19H,4,7,9-13H2,1-3H3. The van der Waals surface area contributed by atoms with E-state index >= 15 is 0 Å². The van der Waals surface area contributed by atoms with Gasteiger partial charge in [-0.1, -0.05) is 19.9 Å². The van der Waals surface area contributed by atoms with Crippen LogP contribution in [-0.4, -0.2) is 43.4 Å². The molecule has 1 aromatic rings. The molecule has 0 amide bonds. The molecular weight excluding hydrogens is 266 g/mol. The molecule has 0 aliphatic carbocycles. The monoisotopic (exact) mass is 293 g/mol. The molecule has 0 saturated carbocycles. The van der Waals surface area contributed by atoms with Crippen LogP contribution >= 0.6 is 0 Å². The Hall–Kier alpha value is -1.10. The normalized spacial score (nSPS) is 16.8. The summed E-state index contributed by atoms with van der Waals surface area (Å²) in [5, 5.41) is 9.50. The minimum atomic E-state index is 0.0160. The van der Waals surface area contributed by atoms with Crippen molar-refractivity contribution >= 4 is 0 Å². The van der Waals surface area contributed by atoms with Gasteiger partial charge in [-0.3, -0.25) is 0 Å². The molecule has 0 radical (unpaired) electrons. The van der Waals surface area contributed by atoms with Gasteiger partial charge in [-0.2, -0.15) is 0 Å². The number of hydrogen-bond donors (Lipinski definition) is 1. The fourth-order valence-corrected chi connectivity index (χ4v) is 2.77. The van der Waals surface area contributed by atoms with Gasteiger partial charge in [-0.15, -0.1) is 0 Å². The van der Waals surface area contributed by atoms with Crippen molar-refractivity contribution in [3.05, 3.63) is 29.3 Å². The molecule has 0 atom stereocenters. The molecule has 1 fully saturated rings. The molecule has 1 aliphatic rings. The number of nitrogens with zero attached hydrogens (tertiary/aromatic N) is 1. The Balaban J connectivity index is 1.96. The Kier molecular flexibility index (Phi) is 5.62. The summed E-state index contributed by atoms with van der Waals surface area (Å²) in [6, 6.07) is 6.10. The number of rotatable bonds is 8. The lowest BCUT2D eigenvalue weighted by molar-refractivity contribution is -0.113. The maximum absolute atomic E-state index is 9.50. The molecule has 1 heterocycles. The first kappa shape index (κ1) is 16.3. The van der Waals surface area contributed by atoms with Crippen LogP contribution in [-0.2, 0) is 17.9 Å². The van der Waals surface area contributed by atoms with Gasteiger partial charge in [0.25, 0.3) is 0 Å². The maximum atomic E-state index is 9.50. The lowest BCUT2D eigenvalue weighted by Gasteiger charge is -2.40. The van der Waals surface area contributed by atoms with E-state index in [0.29, 0.717) is 12.0 Å². The SMILES string of the molecule is CCCOc1ccc(CN(C)CC2(C)COC2)cc1CO. The molecule has 118 valence electrons. The quantitative estimate of drug-likeness (QED) is 0.799. The average molecular weight is 293 g/mol. The van der Waals surface area contributed by atoms with Crippen molar-refractivity contribution in [2.75, 3.05) is 33.4 Å². The summed E-state index contributed by atoms with van der Waals surface area (Å²) in [4.78, 5) is 2.31. The third-order valence-corrected chi connectivity index (χ3v) is 3.76. The Labute approximate surface area is 127 Å². The minimum Gasteiger partial charge on any atom is -0.493 e. The molecule has 1 N–H and O–H groups in total. The molecule has 1 aliphatic heterocycles. The second-order valence-corrected chi connectivity index (χ2v) is 6.42. The first-order chi connectivity index (χ1) is 10.1. The molecule has 0 aromatic heterocycles. The third kappa shape index (κ3) is 4.43. The highest BCUT2D eigenvalue weighted by molar-refractivity contribution is 5.37. The van der Waals surface area contributed by atoms with Gasteiger partial charge in [0.05, 0.1) is 26.4 Å². The molecular formula is C17H27NO3. The predicted molar refractivity (Wildman–Crippen MR) is 83.4 cm³/mol. The van der Waals surface area contributed by atoms with E-state index in [-0.39, 0.29) is 6.61 Å². The molecule has 4 heteroatoms. The van der Waals surface area contributed by atoms with E-state index < -0.39 is 0 Å². The Morgan fingerprint density at radius 3 is 2.71 bits per heavy atom. The van der Waals surface area contributed by atoms with Crippen LogP contribution in [0.4, 0.5) is 0 Å². The van der Waals surface area contributed by atoms with Gasteiger partial charge in [-0.05, 0) is 31.2 Å². The molecule has 0 unspecified atom stereocenters. The zero-order valence-corrected chi connectivity index (χ0v) is 13.4. The predicted octanol–water partition coefficient (Wildman–Crippen LogP) is 2.44. The van der Waals surface area contributed by atoms with Crippen LogP contribution in [0.3, 0.4) is 0 Å². The van der Waals surface area contributed by atoms with Crippen LogP contribution in [0.1, 0.15) is 31.4 Å². The smallest absolute Gasteiger partial charge is 0.124 e. The van der Waals surface area contributed by atoms with Gasteiger partial charge < -0.3 is 19.5 Å². The van der Waals surface area contributed by atoms with Crippen LogP contribution in [0.2, 0.25) is 0 Å². The first-order valence-corrected chi connectivity index (χ1v) is 7.68. The second-order valence-electron chi connectivity index (χ2n) is 6.42. The highest BCUT2D eigenvalue weighted by atomic mass is 16.5. The highest BCUT2D eigenvalue weighted by Crippen LogP contribution is 2.28. The van der Waals surface area contributed by atoms with E-state index in [1.165, 1.54) is 5.56 Å². The first-order valence-electron chi connectivity index (χ1n) is 7.68. The summed E-state index contributed by atoms with van der Waals surface area (Å²) >= 11 is 0. The van der Waals surface area contributed by atoms with E-state index in [9.17, 15) is 5.11 Å². The van der Waals surface area contributed by atoms with Crippen LogP contribution in [0.5, 0.6) is 5.75 Å². The highest BCUT2D eigenvalue weighted by Gasteiger charge is 2.34. The van der Waals surface area contributed by atoms with Gasteiger partial charge in [0.1, 0.15) is 5.75 Å². The van der Waals surface area contributed by atoms with Gasteiger partial charge in [0.2, 0.25) is 0 Å². The van der Waals surface area contributed by atoms with Gasteiger partial charge in [0.15, 0.2) is 0 Å². The van der Waals surface area contributed by atoms with E-state index in [1.54, 1.807) is 0 Å². The molecule has 1 saturated heterocycles. The number of benzene rings is 1. The summed E-state index contributed by atoms with van der Waals surface area (Å²) < 4.78 is 11.0. The minimum absolute atomic E-state index is 0.0160. The summed E-state index contributed by atoms with van der Waals surface area (Å²) in [5.74, 6) is 0.796. The van der Waals surface area contributed by atoms with Gasteiger partial charge >= 0.3 is 0 Å². The molecule has 0 spiro atoms. The van der Waals surface area contributed by atoms with E-state index in [2.05, 4.69) is 31.9 Å². The number of ether oxygens (including phenoxy) is 2. The molecule has 0 bridgehead atoms. The van der Waals surface area contributed by atoms with Crippen molar-refractivity contribution in [3.63, 3.8) is 0 Å². The summed E-state index contributed by atoms with van der Waals surface area (Å²) in [6.07, 6.45) is 0.968. The van der Waals surface area contributed by atoms with E-state index in [4.69, 9.17) is 9.47 Å². The molecule has 21 heavy (non-hydrogen) atoms. The third-order valence-electron chi connectivity index (χ3n) is 3.76. The topological polar surface area (TPSA) is 41.9 Å². The van der Waals surface area contributed by atoms with Crippen molar-refractivity contribution in [2.24, 2.45) is 5.41 Å². The van der Waals surface area contributed by atoms with E-state index in [1.807, 2.05) is 12.1 Å². The zero-order valence-electron chi connectivity index (χ0n) is 13.4. The lowest BCUT2D eigenvalue weighted by Crippen LogP contribution is -2.47. The summed E-state index contributed by atoms with van der Waals surface area (Å²) in [5.41, 5.74) is 2.36. The number of aliphatic hydroxyl groups excluding tert-OH is 1. The van der Waals surface area contributed by atoms with E-state index in [0.717, 1.165) is 44.0 Å². The van der Waals surface area contributed by atoms with Crippen molar-refractivity contribution in [1.29, 1.82) is 0 Å². The summed E-state index contributed by atoms with van der Waals surface area (Å²) in [6.45, 7) is 8.63. The van der Waals surface area contributed by atoms with Crippen LogP contribution in [0.25, 0.3) is 0 Å². The van der Waals surface area contributed by atoms with Crippen molar-refractivity contribution in [3.8, 4) is 5.75 Å². The van der Waals surface area contributed by atoms with Crippen molar-refractivity contribution in [2.45, 2.75) is 33.4 Å².